The second-order valence-electron chi connectivity index (χ2n) is 6.86. The molecule has 142 valence electrons. The van der Waals surface area contributed by atoms with E-state index < -0.39 is 0 Å². The summed E-state index contributed by atoms with van der Waals surface area (Å²) in [5.41, 5.74) is 2.84. The number of nitrogens with zero attached hydrogens (tertiary/aromatic N) is 2. The van der Waals surface area contributed by atoms with Crippen LogP contribution in [0.25, 0.3) is 27.3 Å². The van der Waals surface area contributed by atoms with Crippen molar-refractivity contribution in [3.63, 3.8) is 0 Å². The van der Waals surface area contributed by atoms with E-state index >= 15 is 0 Å². The van der Waals surface area contributed by atoms with Gasteiger partial charge in [0.05, 0.1) is 27.3 Å². The van der Waals surface area contributed by atoms with Crippen LogP contribution in [0.2, 0.25) is 0 Å². The molecule has 4 rings (SSSR count). The zero-order valence-electron chi connectivity index (χ0n) is 15.8. The molecular formula is C22H22N4OS. The predicted octanol–water partition coefficient (Wildman–Crippen LogP) is 5.09. The molecule has 2 aromatic heterocycles. The Morgan fingerprint density at radius 3 is 2.64 bits per heavy atom. The van der Waals surface area contributed by atoms with Crippen molar-refractivity contribution in [2.45, 2.75) is 26.3 Å². The molecule has 0 radical (unpaired) electrons. The SMILES string of the molecule is CCC(C)C(NC(=O)/C=C/c1nc2ccccc2s1)c1nc2ccccc2[nH]1. The van der Waals surface area contributed by atoms with Crippen LogP contribution in [-0.2, 0) is 4.79 Å². The topological polar surface area (TPSA) is 70.7 Å². The molecule has 28 heavy (non-hydrogen) atoms. The van der Waals surface area contributed by atoms with Crippen molar-refractivity contribution in [3.8, 4) is 0 Å². The Kier molecular flexibility index (Phi) is 5.21. The molecular weight excluding hydrogens is 368 g/mol. The van der Waals surface area contributed by atoms with Gasteiger partial charge in [-0.3, -0.25) is 4.79 Å². The second kappa shape index (κ2) is 7.94. The highest BCUT2D eigenvalue weighted by Gasteiger charge is 2.22. The summed E-state index contributed by atoms with van der Waals surface area (Å²) in [5.74, 6) is 0.891. The third kappa shape index (κ3) is 3.82. The van der Waals surface area contributed by atoms with Gasteiger partial charge in [-0.1, -0.05) is 44.5 Å². The number of H-pyrrole nitrogens is 1. The molecule has 5 nitrogen and oxygen atoms in total. The van der Waals surface area contributed by atoms with Gasteiger partial charge in [0.2, 0.25) is 5.91 Å². The van der Waals surface area contributed by atoms with E-state index in [1.54, 1.807) is 23.5 Å². The summed E-state index contributed by atoms with van der Waals surface area (Å²) < 4.78 is 1.11. The molecule has 2 unspecified atom stereocenters. The van der Waals surface area contributed by atoms with Gasteiger partial charge >= 0.3 is 0 Å². The number of nitrogens with one attached hydrogen (secondary N) is 2. The van der Waals surface area contributed by atoms with Gasteiger partial charge in [-0.15, -0.1) is 11.3 Å². The normalized spacial score (nSPS) is 13.9. The minimum atomic E-state index is -0.176. The molecule has 2 aromatic carbocycles. The maximum atomic E-state index is 12.6. The van der Waals surface area contributed by atoms with Gasteiger partial charge in [-0.25, -0.2) is 9.97 Å². The lowest BCUT2D eigenvalue weighted by molar-refractivity contribution is -0.117. The number of aromatic nitrogens is 3. The first-order valence-corrected chi connectivity index (χ1v) is 10.2. The molecule has 0 aliphatic rings. The number of imidazole rings is 1. The van der Waals surface area contributed by atoms with Crippen molar-refractivity contribution < 1.29 is 4.79 Å². The van der Waals surface area contributed by atoms with Crippen LogP contribution in [-0.4, -0.2) is 20.9 Å². The number of aromatic amines is 1. The number of carbonyl (C=O) groups is 1. The van der Waals surface area contributed by atoms with Crippen molar-refractivity contribution in [2.24, 2.45) is 5.92 Å². The van der Waals surface area contributed by atoms with E-state index in [1.165, 1.54) is 0 Å². The zero-order valence-corrected chi connectivity index (χ0v) is 16.7. The number of fused-ring (bicyclic) bond motifs is 2. The van der Waals surface area contributed by atoms with E-state index in [2.05, 4.69) is 34.1 Å². The van der Waals surface area contributed by atoms with Gasteiger partial charge in [0.15, 0.2) is 0 Å². The Balaban J connectivity index is 1.53. The molecule has 6 heteroatoms. The number of benzene rings is 2. The Bertz CT molecular complexity index is 1080. The first-order chi connectivity index (χ1) is 13.6. The van der Waals surface area contributed by atoms with Crippen molar-refractivity contribution in [3.05, 3.63) is 65.4 Å². The Morgan fingerprint density at radius 2 is 1.89 bits per heavy atom. The largest absolute Gasteiger partial charge is 0.342 e. The van der Waals surface area contributed by atoms with Gasteiger partial charge in [0.25, 0.3) is 0 Å². The van der Waals surface area contributed by atoms with Crippen LogP contribution in [0.1, 0.15) is 37.1 Å². The number of para-hydroxylation sites is 3. The third-order valence-electron chi connectivity index (χ3n) is 4.90. The Morgan fingerprint density at radius 1 is 1.14 bits per heavy atom. The maximum absolute atomic E-state index is 12.6. The fourth-order valence-corrected chi connectivity index (χ4v) is 4.02. The first kappa shape index (κ1) is 18.4. The van der Waals surface area contributed by atoms with Gasteiger partial charge in [0, 0.05) is 6.08 Å². The lowest BCUT2D eigenvalue weighted by atomic mass is 9.98. The van der Waals surface area contributed by atoms with Crippen LogP contribution in [0.4, 0.5) is 0 Å². The molecule has 0 aliphatic carbocycles. The van der Waals surface area contributed by atoms with E-state index in [0.29, 0.717) is 0 Å². The van der Waals surface area contributed by atoms with E-state index in [4.69, 9.17) is 0 Å². The standard InChI is InChI=1S/C22H22N4OS/c1-3-14(2)21(22-24-15-8-4-5-9-16(15)25-22)26-19(27)12-13-20-23-17-10-6-7-11-18(17)28-20/h4-14,21H,3H2,1-2H3,(H,24,25)(H,26,27)/b13-12+. The van der Waals surface area contributed by atoms with E-state index in [-0.39, 0.29) is 17.9 Å². The van der Waals surface area contributed by atoms with E-state index in [9.17, 15) is 4.79 Å². The van der Waals surface area contributed by atoms with Crippen molar-refractivity contribution in [1.82, 2.24) is 20.3 Å². The molecule has 2 N–H and O–H groups in total. The smallest absolute Gasteiger partial charge is 0.244 e. The van der Waals surface area contributed by atoms with Crippen molar-refractivity contribution >= 4 is 44.6 Å². The Labute approximate surface area is 167 Å². The molecule has 0 spiro atoms. The number of thiazole rings is 1. The lowest BCUT2D eigenvalue weighted by Gasteiger charge is -2.21. The predicted molar refractivity (Wildman–Crippen MR) is 115 cm³/mol. The van der Waals surface area contributed by atoms with Gasteiger partial charge in [-0.2, -0.15) is 0 Å². The minimum Gasteiger partial charge on any atom is -0.342 e. The summed E-state index contributed by atoms with van der Waals surface area (Å²) in [6.45, 7) is 4.23. The molecule has 0 fully saturated rings. The molecule has 0 saturated heterocycles. The number of hydrogen-bond acceptors (Lipinski definition) is 4. The molecule has 2 heterocycles. The number of amides is 1. The summed E-state index contributed by atoms with van der Waals surface area (Å²) in [4.78, 5) is 25.1. The highest BCUT2D eigenvalue weighted by atomic mass is 32.1. The van der Waals surface area contributed by atoms with Crippen LogP contribution in [0.5, 0.6) is 0 Å². The van der Waals surface area contributed by atoms with E-state index in [0.717, 1.165) is 38.5 Å². The summed E-state index contributed by atoms with van der Waals surface area (Å²) in [5, 5.41) is 3.93. The average molecular weight is 391 g/mol. The minimum absolute atomic E-state index is 0.148. The second-order valence-corrected chi connectivity index (χ2v) is 7.93. The van der Waals surface area contributed by atoms with E-state index in [1.807, 2.05) is 48.5 Å². The fourth-order valence-electron chi connectivity index (χ4n) is 3.15. The third-order valence-corrected chi connectivity index (χ3v) is 5.90. The number of carbonyl (C=O) groups excluding carboxylic acids is 1. The highest BCUT2D eigenvalue weighted by Crippen LogP contribution is 2.25. The molecule has 0 saturated carbocycles. The molecule has 0 aliphatic heterocycles. The molecule has 4 aromatic rings. The maximum Gasteiger partial charge on any atom is 0.244 e. The fraction of sp³-hybridized carbons (Fsp3) is 0.227. The quantitative estimate of drug-likeness (QED) is 0.451. The molecule has 2 atom stereocenters. The summed E-state index contributed by atoms with van der Waals surface area (Å²) in [6, 6.07) is 15.7. The highest BCUT2D eigenvalue weighted by molar-refractivity contribution is 7.19. The Hall–Kier alpha value is -2.99. The van der Waals surface area contributed by atoms with Gasteiger partial charge < -0.3 is 10.3 Å². The number of rotatable bonds is 6. The van der Waals surface area contributed by atoms with Gasteiger partial charge in [-0.05, 0) is 36.3 Å². The van der Waals surface area contributed by atoms with Crippen LogP contribution in [0.15, 0.2) is 54.6 Å². The summed E-state index contributed by atoms with van der Waals surface area (Å²) in [6.07, 6.45) is 4.26. The monoisotopic (exact) mass is 390 g/mol. The lowest BCUT2D eigenvalue weighted by Crippen LogP contribution is -2.32. The summed E-state index contributed by atoms with van der Waals surface area (Å²) in [7, 11) is 0. The zero-order chi connectivity index (χ0) is 19.5. The van der Waals surface area contributed by atoms with Crippen LogP contribution < -0.4 is 5.32 Å². The molecule has 1 amide bonds. The van der Waals surface area contributed by atoms with Crippen molar-refractivity contribution in [2.75, 3.05) is 0 Å². The van der Waals surface area contributed by atoms with Crippen LogP contribution in [0, 0.1) is 5.92 Å². The van der Waals surface area contributed by atoms with Crippen molar-refractivity contribution in [1.29, 1.82) is 0 Å². The molecule has 0 bridgehead atoms. The van der Waals surface area contributed by atoms with Crippen LogP contribution >= 0.6 is 11.3 Å². The number of hydrogen-bond donors (Lipinski definition) is 2. The average Bonchev–Trinajstić information content (AvgIpc) is 3.33. The summed E-state index contributed by atoms with van der Waals surface area (Å²) >= 11 is 1.57. The first-order valence-electron chi connectivity index (χ1n) is 9.43. The van der Waals surface area contributed by atoms with Crippen LogP contribution in [0.3, 0.4) is 0 Å². The van der Waals surface area contributed by atoms with Gasteiger partial charge in [0.1, 0.15) is 10.8 Å².